The lowest BCUT2D eigenvalue weighted by Gasteiger charge is -2.36. The molecule has 1 aliphatic carbocycles. The quantitative estimate of drug-likeness (QED) is 0.771. The summed E-state index contributed by atoms with van der Waals surface area (Å²) in [6.45, 7) is 14.5. The lowest BCUT2D eigenvalue weighted by molar-refractivity contribution is 0.0303. The summed E-state index contributed by atoms with van der Waals surface area (Å²) < 4.78 is 5.44. The van der Waals surface area contributed by atoms with Crippen LogP contribution in [-0.4, -0.2) is 85.2 Å². The van der Waals surface area contributed by atoms with Gasteiger partial charge in [-0.25, -0.2) is 4.79 Å². The van der Waals surface area contributed by atoms with E-state index in [-0.39, 0.29) is 17.4 Å². The Morgan fingerprint density at radius 1 is 1.03 bits per heavy atom. The number of fused-ring (bicyclic) bond motifs is 1. The van der Waals surface area contributed by atoms with Gasteiger partial charge in [0.05, 0.1) is 18.8 Å². The molecule has 0 spiro atoms. The number of rotatable bonds is 3. The molecule has 0 aromatic carbocycles. The average molecular weight is 449 g/mol. The molecule has 3 amide bonds. The first-order valence-electron chi connectivity index (χ1n) is 11.6. The average Bonchev–Trinajstić information content (AvgIpc) is 3.09. The SMILES string of the molecule is CC(C)N1CCN(C(=O)Nc2sc3c(c2C(=O)N2CCOCC2)CCC(C)(C)C3)CC1. The van der Waals surface area contributed by atoms with Crippen molar-refractivity contribution in [2.45, 2.75) is 53.0 Å². The Morgan fingerprint density at radius 3 is 2.35 bits per heavy atom. The van der Waals surface area contributed by atoms with Gasteiger partial charge in [-0.3, -0.25) is 15.0 Å². The molecule has 172 valence electrons. The zero-order valence-corrected chi connectivity index (χ0v) is 20.1. The zero-order valence-electron chi connectivity index (χ0n) is 19.3. The van der Waals surface area contributed by atoms with Gasteiger partial charge in [0.25, 0.3) is 5.91 Å². The number of carbonyl (C=O) groups is 2. The standard InChI is InChI=1S/C23H36N4O3S/c1-16(2)25-7-9-27(10-8-25)22(29)24-20-19(21(28)26-11-13-30-14-12-26)17-5-6-23(3,4)15-18(17)31-20/h16H,5-15H2,1-4H3,(H,24,29). The van der Waals surface area contributed by atoms with Crippen LogP contribution in [0, 0.1) is 5.41 Å². The Kier molecular flexibility index (Phi) is 6.60. The molecule has 8 heteroatoms. The van der Waals surface area contributed by atoms with Crippen LogP contribution in [0.3, 0.4) is 0 Å². The lowest BCUT2D eigenvalue weighted by atomic mass is 9.77. The maximum atomic E-state index is 13.5. The molecule has 3 heterocycles. The van der Waals surface area contributed by atoms with Crippen molar-refractivity contribution in [3.63, 3.8) is 0 Å². The number of thiophene rings is 1. The Hall–Kier alpha value is -1.64. The highest BCUT2D eigenvalue weighted by Gasteiger charge is 2.35. The second kappa shape index (κ2) is 9.08. The van der Waals surface area contributed by atoms with Crippen LogP contribution >= 0.6 is 11.3 Å². The molecule has 1 aromatic heterocycles. The summed E-state index contributed by atoms with van der Waals surface area (Å²) >= 11 is 1.61. The topological polar surface area (TPSA) is 65.1 Å². The summed E-state index contributed by atoms with van der Waals surface area (Å²) in [4.78, 5) is 34.0. The van der Waals surface area contributed by atoms with Crippen LogP contribution in [0.2, 0.25) is 0 Å². The number of urea groups is 1. The number of piperazine rings is 1. The number of ether oxygens (including phenoxy) is 1. The second-order valence-corrected chi connectivity index (χ2v) is 11.1. The first-order valence-corrected chi connectivity index (χ1v) is 12.4. The van der Waals surface area contributed by atoms with Gasteiger partial charge >= 0.3 is 6.03 Å². The van der Waals surface area contributed by atoms with Gasteiger partial charge in [0.1, 0.15) is 5.00 Å². The van der Waals surface area contributed by atoms with Gasteiger partial charge in [-0.2, -0.15) is 0 Å². The fourth-order valence-electron chi connectivity index (χ4n) is 4.76. The minimum absolute atomic E-state index is 0.0421. The lowest BCUT2D eigenvalue weighted by Crippen LogP contribution is -2.51. The number of amides is 3. The molecular weight excluding hydrogens is 412 g/mol. The van der Waals surface area contributed by atoms with Crippen LogP contribution < -0.4 is 5.32 Å². The summed E-state index contributed by atoms with van der Waals surface area (Å²) in [6.07, 6.45) is 2.91. The molecule has 1 N–H and O–H groups in total. The van der Waals surface area contributed by atoms with E-state index in [1.807, 2.05) is 9.80 Å². The molecule has 3 aliphatic rings. The molecule has 2 aliphatic heterocycles. The molecule has 0 saturated carbocycles. The fourth-order valence-corrected chi connectivity index (χ4v) is 6.25. The van der Waals surface area contributed by atoms with E-state index in [0.717, 1.165) is 61.6 Å². The molecule has 4 rings (SSSR count). The van der Waals surface area contributed by atoms with Crippen molar-refractivity contribution in [1.82, 2.24) is 14.7 Å². The first-order chi connectivity index (χ1) is 14.7. The number of hydrogen-bond donors (Lipinski definition) is 1. The van der Waals surface area contributed by atoms with Crippen molar-refractivity contribution in [2.75, 3.05) is 57.8 Å². The smallest absolute Gasteiger partial charge is 0.322 e. The van der Waals surface area contributed by atoms with Crippen LogP contribution in [0.25, 0.3) is 0 Å². The minimum Gasteiger partial charge on any atom is -0.378 e. The van der Waals surface area contributed by atoms with Crippen molar-refractivity contribution >= 4 is 28.3 Å². The van der Waals surface area contributed by atoms with E-state index < -0.39 is 0 Å². The van der Waals surface area contributed by atoms with Crippen LogP contribution in [0.1, 0.15) is 54.9 Å². The normalized spacial score (nSPS) is 21.8. The highest BCUT2D eigenvalue weighted by molar-refractivity contribution is 7.17. The van der Waals surface area contributed by atoms with Gasteiger partial charge < -0.3 is 14.5 Å². The minimum atomic E-state index is -0.0858. The van der Waals surface area contributed by atoms with Crippen molar-refractivity contribution in [1.29, 1.82) is 0 Å². The molecule has 7 nitrogen and oxygen atoms in total. The predicted octanol–water partition coefficient (Wildman–Crippen LogP) is 3.29. The van der Waals surface area contributed by atoms with Crippen LogP contribution in [0.4, 0.5) is 9.80 Å². The van der Waals surface area contributed by atoms with Crippen molar-refractivity contribution in [3.8, 4) is 0 Å². The highest BCUT2D eigenvalue weighted by Crippen LogP contribution is 2.44. The maximum absolute atomic E-state index is 13.5. The molecule has 0 bridgehead atoms. The number of nitrogens with one attached hydrogen (secondary N) is 1. The fraction of sp³-hybridized carbons (Fsp3) is 0.739. The van der Waals surface area contributed by atoms with E-state index in [1.54, 1.807) is 11.3 Å². The molecule has 0 radical (unpaired) electrons. The molecular formula is C23H36N4O3S. The number of nitrogens with zero attached hydrogens (tertiary/aromatic N) is 3. The van der Waals surface area contributed by atoms with Gasteiger partial charge in [-0.1, -0.05) is 13.8 Å². The van der Waals surface area contributed by atoms with Crippen LogP contribution in [0.15, 0.2) is 0 Å². The molecule has 0 unspecified atom stereocenters. The van der Waals surface area contributed by atoms with Gasteiger partial charge in [-0.15, -0.1) is 11.3 Å². The summed E-state index contributed by atoms with van der Waals surface area (Å²) in [5.41, 5.74) is 2.11. The van der Waals surface area contributed by atoms with Gasteiger partial charge in [0.2, 0.25) is 0 Å². The van der Waals surface area contributed by atoms with Crippen LogP contribution in [-0.2, 0) is 17.6 Å². The third-order valence-electron chi connectivity index (χ3n) is 6.85. The summed E-state index contributed by atoms with van der Waals surface area (Å²) in [5, 5.41) is 3.87. The predicted molar refractivity (Wildman–Crippen MR) is 124 cm³/mol. The third kappa shape index (κ3) is 4.91. The van der Waals surface area contributed by atoms with Gasteiger partial charge in [-0.05, 0) is 44.1 Å². The molecule has 1 aromatic rings. The molecule has 2 fully saturated rings. The monoisotopic (exact) mass is 448 g/mol. The number of morpholine rings is 1. The number of anilines is 1. The van der Waals surface area contributed by atoms with Gasteiger partial charge in [0.15, 0.2) is 0 Å². The van der Waals surface area contributed by atoms with Gasteiger partial charge in [0, 0.05) is 50.2 Å². The van der Waals surface area contributed by atoms with E-state index >= 15 is 0 Å². The Balaban J connectivity index is 1.55. The first kappa shape index (κ1) is 22.6. The number of hydrogen-bond acceptors (Lipinski definition) is 5. The Morgan fingerprint density at radius 2 is 1.71 bits per heavy atom. The van der Waals surface area contributed by atoms with Crippen molar-refractivity contribution < 1.29 is 14.3 Å². The third-order valence-corrected chi connectivity index (χ3v) is 7.99. The number of carbonyl (C=O) groups excluding carboxylic acids is 2. The highest BCUT2D eigenvalue weighted by atomic mass is 32.1. The largest absolute Gasteiger partial charge is 0.378 e. The Bertz CT molecular complexity index is 821. The van der Waals surface area contributed by atoms with E-state index in [2.05, 4.69) is 37.9 Å². The summed E-state index contributed by atoms with van der Waals surface area (Å²) in [6, 6.07) is 0.410. The molecule has 31 heavy (non-hydrogen) atoms. The van der Waals surface area contributed by atoms with Crippen molar-refractivity contribution in [2.24, 2.45) is 5.41 Å². The van der Waals surface area contributed by atoms with E-state index in [9.17, 15) is 9.59 Å². The molecule has 0 atom stereocenters. The van der Waals surface area contributed by atoms with E-state index in [1.165, 1.54) is 4.88 Å². The zero-order chi connectivity index (χ0) is 22.2. The maximum Gasteiger partial charge on any atom is 0.322 e. The van der Waals surface area contributed by atoms with Crippen molar-refractivity contribution in [3.05, 3.63) is 16.0 Å². The Labute approximate surface area is 189 Å². The molecule has 2 saturated heterocycles. The van der Waals surface area contributed by atoms with E-state index in [4.69, 9.17) is 4.74 Å². The summed E-state index contributed by atoms with van der Waals surface area (Å²) in [7, 11) is 0. The van der Waals surface area contributed by atoms with E-state index in [0.29, 0.717) is 32.3 Å². The van der Waals surface area contributed by atoms with Crippen LogP contribution in [0.5, 0.6) is 0 Å². The second-order valence-electron chi connectivity index (χ2n) is 10.0. The summed E-state index contributed by atoms with van der Waals surface area (Å²) in [5.74, 6) is 0.0421.